The Morgan fingerprint density at radius 2 is 1.95 bits per heavy atom. The summed E-state index contributed by atoms with van der Waals surface area (Å²) in [5, 5.41) is 8.46. The number of benzene rings is 1. The largest absolute Gasteiger partial charge is 0.298 e. The summed E-state index contributed by atoms with van der Waals surface area (Å²) in [6, 6.07) is 10.1. The van der Waals surface area contributed by atoms with Gasteiger partial charge in [-0.05, 0) is 30.5 Å². The normalized spacial score (nSPS) is 10.9. The molecule has 4 heteroatoms. The first-order chi connectivity index (χ1) is 9.72. The number of aryl methyl sites for hydroxylation is 2. The minimum atomic E-state index is 0.626. The van der Waals surface area contributed by atoms with Crippen molar-refractivity contribution in [2.24, 2.45) is 0 Å². The molecule has 3 rings (SSSR count). The molecule has 2 heterocycles. The summed E-state index contributed by atoms with van der Waals surface area (Å²) >= 11 is 0. The monoisotopic (exact) mass is 265 g/mol. The number of hydrogen-bond acceptors (Lipinski definition) is 3. The molecule has 3 aromatic rings. The molecule has 20 heavy (non-hydrogen) atoms. The fourth-order valence-corrected chi connectivity index (χ4v) is 2.33. The van der Waals surface area contributed by atoms with E-state index in [9.17, 15) is 4.79 Å². The number of carbonyl (C=O) groups excluding carboxylic acids is 1. The predicted molar refractivity (Wildman–Crippen MR) is 77.9 cm³/mol. The highest BCUT2D eigenvalue weighted by atomic mass is 16.1. The van der Waals surface area contributed by atoms with Crippen LogP contribution in [0.4, 0.5) is 0 Å². The van der Waals surface area contributed by atoms with Crippen LogP contribution in [0.1, 0.15) is 28.4 Å². The summed E-state index contributed by atoms with van der Waals surface area (Å²) in [7, 11) is 0. The van der Waals surface area contributed by atoms with Crippen LogP contribution in [0.15, 0.2) is 36.5 Å². The van der Waals surface area contributed by atoms with Crippen LogP contribution < -0.4 is 0 Å². The van der Waals surface area contributed by atoms with E-state index in [1.165, 1.54) is 5.56 Å². The van der Waals surface area contributed by atoms with Crippen molar-refractivity contribution in [1.29, 1.82) is 0 Å². The van der Waals surface area contributed by atoms with Crippen LogP contribution in [-0.2, 0) is 6.42 Å². The van der Waals surface area contributed by atoms with Gasteiger partial charge in [0, 0.05) is 17.3 Å². The van der Waals surface area contributed by atoms with E-state index >= 15 is 0 Å². The third kappa shape index (κ3) is 1.99. The molecule has 0 amide bonds. The van der Waals surface area contributed by atoms with Gasteiger partial charge in [0.1, 0.15) is 0 Å². The summed E-state index contributed by atoms with van der Waals surface area (Å²) in [6.07, 6.45) is 3.63. The van der Waals surface area contributed by atoms with Crippen molar-refractivity contribution >= 4 is 11.9 Å². The van der Waals surface area contributed by atoms with Crippen molar-refractivity contribution in [3.8, 4) is 11.4 Å². The van der Waals surface area contributed by atoms with Crippen molar-refractivity contribution in [2.75, 3.05) is 0 Å². The van der Waals surface area contributed by atoms with E-state index in [1.807, 2.05) is 29.5 Å². The van der Waals surface area contributed by atoms with Gasteiger partial charge in [-0.3, -0.25) is 9.20 Å². The van der Waals surface area contributed by atoms with Gasteiger partial charge in [-0.1, -0.05) is 31.2 Å². The van der Waals surface area contributed by atoms with Crippen molar-refractivity contribution in [3.05, 3.63) is 53.2 Å². The Labute approximate surface area is 117 Å². The Morgan fingerprint density at radius 3 is 2.60 bits per heavy atom. The highest BCUT2D eigenvalue weighted by Crippen LogP contribution is 2.21. The third-order valence-corrected chi connectivity index (χ3v) is 3.47. The Morgan fingerprint density at radius 1 is 1.20 bits per heavy atom. The molecule has 0 radical (unpaired) electrons. The van der Waals surface area contributed by atoms with Crippen LogP contribution in [-0.4, -0.2) is 20.9 Å². The second kappa shape index (κ2) is 4.89. The number of fused-ring (bicyclic) bond motifs is 1. The minimum Gasteiger partial charge on any atom is -0.298 e. The van der Waals surface area contributed by atoms with E-state index in [0.29, 0.717) is 5.56 Å². The van der Waals surface area contributed by atoms with E-state index < -0.39 is 0 Å². The summed E-state index contributed by atoms with van der Waals surface area (Å²) in [4.78, 5) is 11.0. The highest BCUT2D eigenvalue weighted by Gasteiger charge is 2.10. The molecule has 0 bridgehead atoms. The first kappa shape index (κ1) is 12.5. The van der Waals surface area contributed by atoms with Crippen molar-refractivity contribution in [3.63, 3.8) is 0 Å². The SMILES string of the molecule is CCc1ccc(-c2nnc3c(C)cc(C=O)cn23)cc1. The Kier molecular flexibility index (Phi) is 3.06. The molecular formula is C16H15N3O. The lowest BCUT2D eigenvalue weighted by Gasteiger charge is -2.04. The van der Waals surface area contributed by atoms with Crippen LogP contribution in [0.5, 0.6) is 0 Å². The Bertz CT molecular complexity index is 772. The molecule has 100 valence electrons. The van der Waals surface area contributed by atoms with E-state index in [4.69, 9.17) is 0 Å². The van der Waals surface area contributed by atoms with Gasteiger partial charge in [0.2, 0.25) is 0 Å². The van der Waals surface area contributed by atoms with E-state index in [1.54, 1.807) is 6.20 Å². The van der Waals surface area contributed by atoms with Gasteiger partial charge in [0.15, 0.2) is 17.8 Å². The number of carbonyl (C=O) groups is 1. The van der Waals surface area contributed by atoms with Gasteiger partial charge >= 0.3 is 0 Å². The van der Waals surface area contributed by atoms with Crippen LogP contribution in [0.25, 0.3) is 17.0 Å². The molecule has 0 fully saturated rings. The maximum Gasteiger partial charge on any atom is 0.168 e. The summed E-state index contributed by atoms with van der Waals surface area (Å²) in [5.41, 5.74) is 4.63. The maximum absolute atomic E-state index is 11.0. The fraction of sp³-hybridized carbons (Fsp3) is 0.188. The van der Waals surface area contributed by atoms with Gasteiger partial charge in [0.05, 0.1) is 0 Å². The zero-order chi connectivity index (χ0) is 14.1. The number of hydrogen-bond donors (Lipinski definition) is 0. The van der Waals surface area contributed by atoms with Crippen molar-refractivity contribution in [2.45, 2.75) is 20.3 Å². The van der Waals surface area contributed by atoms with Gasteiger partial charge < -0.3 is 0 Å². The second-order valence-corrected chi connectivity index (χ2v) is 4.84. The predicted octanol–water partition coefficient (Wildman–Crippen LogP) is 3.08. The van der Waals surface area contributed by atoms with E-state index in [0.717, 1.165) is 35.3 Å². The summed E-state index contributed by atoms with van der Waals surface area (Å²) < 4.78 is 1.88. The molecule has 0 N–H and O–H groups in total. The lowest BCUT2D eigenvalue weighted by Crippen LogP contribution is -1.95. The average Bonchev–Trinajstić information content (AvgIpc) is 2.91. The molecule has 0 spiro atoms. The molecule has 0 unspecified atom stereocenters. The van der Waals surface area contributed by atoms with E-state index in [2.05, 4.69) is 29.3 Å². The first-order valence-corrected chi connectivity index (χ1v) is 6.63. The van der Waals surface area contributed by atoms with Crippen LogP contribution in [0.2, 0.25) is 0 Å². The van der Waals surface area contributed by atoms with E-state index in [-0.39, 0.29) is 0 Å². The number of rotatable bonds is 3. The molecule has 1 aromatic carbocycles. The quantitative estimate of drug-likeness (QED) is 0.684. The number of nitrogens with zero attached hydrogens (tertiary/aromatic N) is 3. The zero-order valence-electron chi connectivity index (χ0n) is 11.5. The van der Waals surface area contributed by atoms with Gasteiger partial charge in [-0.25, -0.2) is 0 Å². The topological polar surface area (TPSA) is 47.3 Å². The molecule has 4 nitrogen and oxygen atoms in total. The van der Waals surface area contributed by atoms with Crippen molar-refractivity contribution in [1.82, 2.24) is 14.6 Å². The fourth-order valence-electron chi connectivity index (χ4n) is 2.33. The third-order valence-electron chi connectivity index (χ3n) is 3.47. The smallest absolute Gasteiger partial charge is 0.168 e. The number of aromatic nitrogens is 3. The number of aldehydes is 1. The van der Waals surface area contributed by atoms with Gasteiger partial charge in [0.25, 0.3) is 0 Å². The van der Waals surface area contributed by atoms with Gasteiger partial charge in [-0.15, -0.1) is 10.2 Å². The molecule has 0 aliphatic carbocycles. The lowest BCUT2D eigenvalue weighted by atomic mass is 10.1. The van der Waals surface area contributed by atoms with Crippen molar-refractivity contribution < 1.29 is 4.79 Å². The maximum atomic E-state index is 11.0. The molecule has 0 atom stereocenters. The zero-order valence-corrected chi connectivity index (χ0v) is 11.5. The minimum absolute atomic E-state index is 0.626. The lowest BCUT2D eigenvalue weighted by molar-refractivity contribution is 0.112. The average molecular weight is 265 g/mol. The molecule has 0 aliphatic rings. The first-order valence-electron chi connectivity index (χ1n) is 6.63. The molecule has 0 aliphatic heterocycles. The van der Waals surface area contributed by atoms with Crippen LogP contribution in [0, 0.1) is 6.92 Å². The molecule has 0 saturated carbocycles. The molecular weight excluding hydrogens is 250 g/mol. The standard InChI is InChI=1S/C16H15N3O/c1-3-12-4-6-14(7-5-12)16-18-17-15-11(2)8-13(10-20)9-19(15)16/h4-10H,3H2,1-2H3. The number of pyridine rings is 1. The second-order valence-electron chi connectivity index (χ2n) is 4.84. The highest BCUT2D eigenvalue weighted by molar-refractivity contribution is 5.76. The Balaban J connectivity index is 2.20. The van der Waals surface area contributed by atoms with Crippen LogP contribution >= 0.6 is 0 Å². The van der Waals surface area contributed by atoms with Gasteiger partial charge in [-0.2, -0.15) is 0 Å². The summed E-state index contributed by atoms with van der Waals surface area (Å²) in [5.74, 6) is 0.759. The molecule has 0 saturated heterocycles. The molecule has 2 aromatic heterocycles. The Hall–Kier alpha value is -2.49. The van der Waals surface area contributed by atoms with Crippen LogP contribution in [0.3, 0.4) is 0 Å². The summed E-state index contributed by atoms with van der Waals surface area (Å²) in [6.45, 7) is 4.06.